The number of carbonyl (C=O) groups is 4. The molecular formula is C16H28N4O10P2-2. The Hall–Kier alpha value is -1.82. The predicted molar refractivity (Wildman–Crippen MR) is 107 cm³/mol. The second-order valence-electron chi connectivity index (χ2n) is 8.45. The molecule has 14 nitrogen and oxygen atoms in total. The molecule has 6 amide bonds. The van der Waals surface area contributed by atoms with Crippen LogP contribution < -0.4 is 20.4 Å². The van der Waals surface area contributed by atoms with Gasteiger partial charge >= 0.3 is 12.1 Å². The number of nitrogens with zero attached hydrogens (tertiary/aromatic N) is 2. The molecule has 0 aromatic carbocycles. The van der Waals surface area contributed by atoms with E-state index in [4.69, 9.17) is 9.79 Å². The average molecular weight is 498 g/mol. The average Bonchev–Trinajstić information content (AvgIpc) is 2.89. The molecule has 0 saturated carbocycles. The van der Waals surface area contributed by atoms with Crippen molar-refractivity contribution in [2.75, 3.05) is 25.4 Å². The minimum absolute atomic E-state index is 0.0130. The van der Waals surface area contributed by atoms with Crippen LogP contribution in [0.2, 0.25) is 0 Å². The van der Waals surface area contributed by atoms with E-state index in [9.17, 15) is 38.1 Å². The highest BCUT2D eigenvalue weighted by Gasteiger charge is 2.44. The maximum absolute atomic E-state index is 11.6. The molecule has 2 unspecified atom stereocenters. The standard InChI is InChI=1S/2C8H15N2O5P/c2*1-8(2)6(11)10(7(12)9-8)4-3-5-16(13,14)15/h2*3-5H2,1-2H3,(H,9,12)(H2,13,14,15)/p-2. The van der Waals surface area contributed by atoms with Crippen molar-refractivity contribution >= 4 is 39.1 Å². The summed E-state index contributed by atoms with van der Waals surface area (Å²) in [6, 6.07) is -1.07. The molecule has 0 aromatic rings. The van der Waals surface area contributed by atoms with E-state index >= 15 is 0 Å². The van der Waals surface area contributed by atoms with E-state index in [0.29, 0.717) is 0 Å². The minimum atomic E-state index is -4.31. The van der Waals surface area contributed by atoms with Gasteiger partial charge in [-0.3, -0.25) is 19.4 Å². The summed E-state index contributed by atoms with van der Waals surface area (Å²) in [6.45, 7) is 6.24. The molecule has 0 spiro atoms. The molecule has 2 saturated heterocycles. The summed E-state index contributed by atoms with van der Waals surface area (Å²) in [5.41, 5.74) is -1.89. The fourth-order valence-electron chi connectivity index (χ4n) is 2.90. The number of hydrogen-bond donors (Lipinski definition) is 4. The molecular weight excluding hydrogens is 470 g/mol. The zero-order chi connectivity index (χ0) is 25.1. The van der Waals surface area contributed by atoms with E-state index in [0.717, 1.165) is 9.80 Å². The van der Waals surface area contributed by atoms with Gasteiger partial charge in [0, 0.05) is 25.4 Å². The zero-order valence-electron chi connectivity index (χ0n) is 18.2. The van der Waals surface area contributed by atoms with Crippen molar-refractivity contribution in [1.82, 2.24) is 20.4 Å². The maximum atomic E-state index is 11.6. The van der Waals surface area contributed by atoms with Crippen LogP contribution in [0.3, 0.4) is 0 Å². The van der Waals surface area contributed by atoms with Gasteiger partial charge in [0.15, 0.2) is 0 Å². The molecule has 2 atom stereocenters. The van der Waals surface area contributed by atoms with Crippen molar-refractivity contribution in [1.29, 1.82) is 0 Å². The maximum Gasteiger partial charge on any atom is 0.325 e. The number of amides is 6. The summed E-state index contributed by atoms with van der Waals surface area (Å²) in [5, 5.41) is 4.94. The van der Waals surface area contributed by atoms with E-state index in [1.54, 1.807) is 27.7 Å². The molecule has 2 fully saturated rings. The third-order valence-electron chi connectivity index (χ3n) is 4.53. The van der Waals surface area contributed by atoms with Crippen LogP contribution in [0, 0.1) is 0 Å². The fraction of sp³-hybridized carbons (Fsp3) is 0.750. The predicted octanol–water partition coefficient (Wildman–Crippen LogP) is -1.49. The molecule has 0 radical (unpaired) electrons. The molecule has 16 heteroatoms. The van der Waals surface area contributed by atoms with Crippen LogP contribution >= 0.6 is 15.2 Å². The molecule has 4 N–H and O–H groups in total. The molecule has 0 aromatic heterocycles. The van der Waals surface area contributed by atoms with Gasteiger partial charge < -0.3 is 39.3 Å². The first-order valence-corrected chi connectivity index (χ1v) is 13.1. The summed E-state index contributed by atoms with van der Waals surface area (Å²) in [7, 11) is -8.63. The molecule has 2 heterocycles. The van der Waals surface area contributed by atoms with Crippen LogP contribution in [0.25, 0.3) is 0 Å². The second-order valence-corrected chi connectivity index (χ2v) is 11.9. The van der Waals surface area contributed by atoms with Gasteiger partial charge in [-0.25, -0.2) is 9.59 Å². The topological polar surface area (TPSA) is 220 Å². The number of nitrogens with one attached hydrogen (secondary N) is 2. The lowest BCUT2D eigenvalue weighted by Gasteiger charge is -2.18. The van der Waals surface area contributed by atoms with Gasteiger partial charge in [0.25, 0.3) is 11.8 Å². The van der Waals surface area contributed by atoms with Crippen molar-refractivity contribution in [3.8, 4) is 0 Å². The highest BCUT2D eigenvalue weighted by atomic mass is 31.2. The Balaban J connectivity index is 0.000000320. The lowest BCUT2D eigenvalue weighted by molar-refractivity contribution is -0.194. The van der Waals surface area contributed by atoms with Crippen LogP contribution in [-0.4, -0.2) is 80.0 Å². The van der Waals surface area contributed by atoms with Crippen molar-refractivity contribution in [2.45, 2.75) is 51.6 Å². The Morgan fingerprint density at radius 2 is 1.03 bits per heavy atom. The first kappa shape index (κ1) is 28.2. The lowest BCUT2D eigenvalue weighted by Crippen LogP contribution is -2.40. The number of urea groups is 2. The summed E-state index contributed by atoms with van der Waals surface area (Å²) in [6.07, 6.45) is -0.811. The molecule has 2 rings (SSSR count). The zero-order valence-corrected chi connectivity index (χ0v) is 20.0. The Labute approximate surface area is 185 Å². The van der Waals surface area contributed by atoms with Crippen LogP contribution in [-0.2, 0) is 18.7 Å². The van der Waals surface area contributed by atoms with Gasteiger partial charge in [0.1, 0.15) is 26.3 Å². The number of hydrogen-bond acceptors (Lipinski definition) is 8. The van der Waals surface area contributed by atoms with E-state index < -0.39 is 62.5 Å². The van der Waals surface area contributed by atoms with Crippen molar-refractivity contribution < 1.29 is 47.9 Å². The quantitative estimate of drug-likeness (QED) is 0.224. The van der Waals surface area contributed by atoms with Crippen molar-refractivity contribution in [3.63, 3.8) is 0 Å². The van der Waals surface area contributed by atoms with Gasteiger partial charge in [-0.05, 0) is 40.5 Å². The Kier molecular flexibility index (Phi) is 8.80. The summed E-state index contributed by atoms with van der Waals surface area (Å²) < 4.78 is 20.9. The van der Waals surface area contributed by atoms with E-state index in [1.807, 2.05) is 0 Å². The van der Waals surface area contributed by atoms with Crippen LogP contribution in [0.5, 0.6) is 0 Å². The lowest BCUT2D eigenvalue weighted by atomic mass is 10.1. The third-order valence-corrected chi connectivity index (χ3v) is 6.30. The first-order chi connectivity index (χ1) is 14.3. The normalized spacial score (nSPS) is 23.1. The number of carbonyl (C=O) groups excluding carboxylic acids is 4. The minimum Gasteiger partial charge on any atom is -0.779 e. The monoisotopic (exact) mass is 498 g/mol. The summed E-state index contributed by atoms with van der Waals surface area (Å²) >= 11 is 0. The Morgan fingerprint density at radius 3 is 1.22 bits per heavy atom. The van der Waals surface area contributed by atoms with Crippen molar-refractivity contribution in [2.24, 2.45) is 0 Å². The highest BCUT2D eigenvalue weighted by molar-refractivity contribution is 7.50. The Morgan fingerprint density at radius 1 is 0.750 bits per heavy atom. The highest BCUT2D eigenvalue weighted by Crippen LogP contribution is 2.30. The first-order valence-electron chi connectivity index (χ1n) is 9.61. The van der Waals surface area contributed by atoms with Gasteiger partial charge in [-0.2, -0.15) is 0 Å². The van der Waals surface area contributed by atoms with Gasteiger partial charge in [-0.1, -0.05) is 0 Å². The number of rotatable bonds is 8. The van der Waals surface area contributed by atoms with Crippen LogP contribution in [0.15, 0.2) is 0 Å². The smallest absolute Gasteiger partial charge is 0.325 e. The van der Waals surface area contributed by atoms with E-state index in [2.05, 4.69) is 10.6 Å². The van der Waals surface area contributed by atoms with E-state index in [1.165, 1.54) is 0 Å². The number of imide groups is 2. The fourth-order valence-corrected chi connectivity index (χ4v) is 3.98. The summed E-state index contributed by atoms with van der Waals surface area (Å²) in [5.74, 6) is -0.785. The van der Waals surface area contributed by atoms with Crippen LogP contribution in [0.4, 0.5) is 9.59 Å². The SMILES string of the molecule is CC1(C)NC(=O)N(CCCP(=O)([O-])O)C1=O.CC1(C)NC(=O)N(CCCP(=O)([O-])O)C1=O. The largest absolute Gasteiger partial charge is 0.779 e. The molecule has 2 aliphatic heterocycles. The van der Waals surface area contributed by atoms with Gasteiger partial charge in [0.05, 0.1) is 0 Å². The molecule has 32 heavy (non-hydrogen) atoms. The van der Waals surface area contributed by atoms with E-state index in [-0.39, 0.29) is 25.9 Å². The molecule has 0 bridgehead atoms. The second kappa shape index (κ2) is 9.98. The molecule has 0 aliphatic carbocycles. The summed E-state index contributed by atoms with van der Waals surface area (Å²) in [4.78, 5) is 85.8. The van der Waals surface area contributed by atoms with Crippen LogP contribution in [0.1, 0.15) is 40.5 Å². The third kappa shape index (κ3) is 8.27. The Bertz CT molecular complexity index is 793. The molecule has 184 valence electrons. The van der Waals surface area contributed by atoms with Crippen molar-refractivity contribution in [3.05, 3.63) is 0 Å². The van der Waals surface area contributed by atoms with Gasteiger partial charge in [-0.15, -0.1) is 0 Å². The van der Waals surface area contributed by atoms with Gasteiger partial charge in [0.2, 0.25) is 0 Å². The molecule has 2 aliphatic rings.